The molecule has 0 spiro atoms. The van der Waals surface area contributed by atoms with Gasteiger partial charge < -0.3 is 14.8 Å². The molecule has 0 fully saturated rings. The average molecular weight is 406 g/mol. The van der Waals surface area contributed by atoms with Gasteiger partial charge in [0.15, 0.2) is 0 Å². The molecule has 0 bridgehead atoms. The van der Waals surface area contributed by atoms with Crippen molar-refractivity contribution < 1.29 is 14.3 Å². The minimum atomic E-state index is -0.527. The molecule has 154 valence electrons. The molecule has 9 heteroatoms. The first kappa shape index (κ1) is 20.8. The number of nitrogens with zero attached hydrogens (tertiary/aromatic N) is 3. The third-order valence-electron chi connectivity index (χ3n) is 4.83. The molecule has 2 heterocycles. The molecule has 1 aromatic heterocycles. The highest BCUT2D eigenvalue weighted by Gasteiger charge is 2.34. The number of fused-ring (bicyclic) bond motifs is 1. The van der Waals surface area contributed by atoms with Crippen LogP contribution in [0.4, 0.5) is 5.69 Å². The Kier molecular flexibility index (Phi) is 5.97. The predicted octanol–water partition coefficient (Wildman–Crippen LogP) is 3.35. The molecule has 1 aliphatic heterocycles. The van der Waals surface area contributed by atoms with E-state index in [1.165, 1.54) is 7.11 Å². The molecule has 0 saturated heterocycles. The minimum absolute atomic E-state index is 0.356. The van der Waals surface area contributed by atoms with Gasteiger partial charge in [0.25, 0.3) is 5.91 Å². The van der Waals surface area contributed by atoms with Gasteiger partial charge >= 0.3 is 0 Å². The van der Waals surface area contributed by atoms with E-state index in [2.05, 4.69) is 27.0 Å². The van der Waals surface area contributed by atoms with Gasteiger partial charge in [-0.2, -0.15) is 10.8 Å². The molecule has 0 saturated carbocycles. The summed E-state index contributed by atoms with van der Waals surface area (Å²) in [6.07, 6.45) is 1.71. The van der Waals surface area contributed by atoms with Gasteiger partial charge in [-0.3, -0.25) is 4.79 Å². The normalized spacial score (nSPS) is 14.8. The van der Waals surface area contributed by atoms with E-state index < -0.39 is 11.9 Å². The van der Waals surface area contributed by atoms with Crippen LogP contribution in [0.1, 0.15) is 36.1 Å². The Morgan fingerprint density at radius 1 is 1.47 bits per heavy atom. The Bertz CT molecular complexity index is 1090. The number of benzene rings is 1. The van der Waals surface area contributed by atoms with E-state index in [1.54, 1.807) is 24.4 Å². The second-order valence-electron chi connectivity index (χ2n) is 6.66. The summed E-state index contributed by atoms with van der Waals surface area (Å²) in [6.45, 7) is 6.00. The van der Waals surface area contributed by atoms with Gasteiger partial charge in [0.2, 0.25) is 5.88 Å². The van der Waals surface area contributed by atoms with Crippen molar-refractivity contribution >= 4 is 17.2 Å². The summed E-state index contributed by atoms with van der Waals surface area (Å²) >= 11 is 0. The third-order valence-corrected chi connectivity index (χ3v) is 4.83. The van der Waals surface area contributed by atoms with Crippen LogP contribution in [0.25, 0.3) is 5.57 Å². The van der Waals surface area contributed by atoms with Crippen molar-refractivity contribution in [3.63, 3.8) is 0 Å². The van der Waals surface area contributed by atoms with E-state index in [0.29, 0.717) is 46.1 Å². The first-order valence-electron chi connectivity index (χ1n) is 9.35. The standard InChI is InChI=1S/C21H22N6O3/c1-5-30-21-18-17(14-7-6-13(9-22)8-15(14)29-4)16(20(28)26-27-23)12(3)25-19(18)11(2)10-24-21/h6-8,10,12,25H,5H2,1-4H3,(H2,23,26,28). The predicted molar refractivity (Wildman–Crippen MR) is 110 cm³/mol. The summed E-state index contributed by atoms with van der Waals surface area (Å²) in [5, 5.41) is 15.6. The van der Waals surface area contributed by atoms with E-state index in [4.69, 9.17) is 15.0 Å². The molecule has 1 amide bonds. The van der Waals surface area contributed by atoms with Gasteiger partial charge in [0, 0.05) is 22.9 Å². The summed E-state index contributed by atoms with van der Waals surface area (Å²) in [6, 6.07) is 6.70. The third kappa shape index (κ3) is 3.55. The van der Waals surface area contributed by atoms with E-state index in [9.17, 15) is 10.1 Å². The van der Waals surface area contributed by atoms with Crippen LogP contribution < -0.4 is 20.2 Å². The highest BCUT2D eigenvalue weighted by molar-refractivity contribution is 6.10. The van der Waals surface area contributed by atoms with Crippen LogP contribution in [0.15, 0.2) is 35.2 Å². The number of anilines is 1. The lowest BCUT2D eigenvalue weighted by atomic mass is 9.84. The Hall–Kier alpha value is -3.93. The van der Waals surface area contributed by atoms with Gasteiger partial charge in [-0.15, -0.1) is 0 Å². The molecule has 3 rings (SSSR count). The van der Waals surface area contributed by atoms with Crippen LogP contribution in [-0.4, -0.2) is 30.6 Å². The van der Waals surface area contributed by atoms with Gasteiger partial charge in [-0.25, -0.2) is 10.4 Å². The Labute approximate surface area is 174 Å². The van der Waals surface area contributed by atoms with E-state index in [0.717, 1.165) is 11.3 Å². The largest absolute Gasteiger partial charge is 0.496 e. The first-order chi connectivity index (χ1) is 14.5. The van der Waals surface area contributed by atoms with Crippen molar-refractivity contribution in [3.8, 4) is 17.7 Å². The summed E-state index contributed by atoms with van der Waals surface area (Å²) in [4.78, 5) is 17.3. The molecule has 0 aliphatic carbocycles. The van der Waals surface area contributed by atoms with Crippen LogP contribution >= 0.6 is 0 Å². The Morgan fingerprint density at radius 3 is 2.87 bits per heavy atom. The number of amides is 1. The maximum Gasteiger partial charge on any atom is 0.271 e. The number of carbonyl (C=O) groups is 1. The van der Waals surface area contributed by atoms with Gasteiger partial charge in [0.05, 0.1) is 42.6 Å². The number of carbonyl (C=O) groups excluding carboxylic acids is 1. The van der Waals surface area contributed by atoms with Gasteiger partial charge in [0.1, 0.15) is 5.75 Å². The minimum Gasteiger partial charge on any atom is -0.496 e. The maximum absolute atomic E-state index is 12.9. The number of hydrogen-bond donors (Lipinski definition) is 3. The molecular weight excluding hydrogens is 384 g/mol. The summed E-state index contributed by atoms with van der Waals surface area (Å²) in [5.41, 5.74) is 13.5. The zero-order chi connectivity index (χ0) is 21.8. The van der Waals surface area contributed by atoms with Crippen molar-refractivity contribution in [3.05, 3.63) is 52.2 Å². The van der Waals surface area contributed by atoms with Crippen molar-refractivity contribution in [2.45, 2.75) is 26.8 Å². The number of ether oxygens (including phenoxy) is 2. The maximum atomic E-state index is 12.9. The van der Waals surface area contributed by atoms with Gasteiger partial charge in [-0.1, -0.05) is 5.22 Å². The lowest BCUT2D eigenvalue weighted by Gasteiger charge is -2.31. The topological polar surface area (TPSA) is 132 Å². The molecular formula is C21H22N6O3. The highest BCUT2D eigenvalue weighted by Crippen LogP contribution is 2.46. The number of pyridine rings is 1. The zero-order valence-electron chi connectivity index (χ0n) is 17.2. The Morgan fingerprint density at radius 2 is 2.23 bits per heavy atom. The van der Waals surface area contributed by atoms with Crippen LogP contribution in [-0.2, 0) is 4.79 Å². The van der Waals surface area contributed by atoms with Crippen molar-refractivity contribution in [2.75, 3.05) is 19.0 Å². The number of methoxy groups -OCH3 is 1. The number of aromatic nitrogens is 1. The molecule has 0 radical (unpaired) electrons. The summed E-state index contributed by atoms with van der Waals surface area (Å²) in [7, 11) is 1.50. The van der Waals surface area contributed by atoms with Crippen LogP contribution in [0.2, 0.25) is 0 Å². The molecule has 1 atom stereocenters. The highest BCUT2D eigenvalue weighted by atomic mass is 16.5. The lowest BCUT2D eigenvalue weighted by molar-refractivity contribution is -0.117. The molecule has 1 aliphatic rings. The monoisotopic (exact) mass is 406 g/mol. The van der Waals surface area contributed by atoms with Crippen LogP contribution in [0, 0.1) is 23.8 Å². The van der Waals surface area contributed by atoms with Crippen molar-refractivity contribution in [1.82, 2.24) is 10.4 Å². The summed E-state index contributed by atoms with van der Waals surface area (Å²) in [5.74, 6) is 0.272. The van der Waals surface area contributed by atoms with E-state index >= 15 is 0 Å². The SMILES string of the molecule is CCOc1ncc(C)c2c1C(c1ccc(C#N)cc1OC)=C(C(=O)NN=N)C(C)N2. The average Bonchev–Trinajstić information content (AvgIpc) is 2.74. The Balaban J connectivity index is 2.44. The molecule has 30 heavy (non-hydrogen) atoms. The number of aryl methyl sites for hydroxylation is 1. The number of nitrogens with one attached hydrogen (secondary N) is 3. The fourth-order valence-electron chi connectivity index (χ4n) is 3.56. The molecule has 1 aromatic carbocycles. The smallest absolute Gasteiger partial charge is 0.271 e. The summed E-state index contributed by atoms with van der Waals surface area (Å²) < 4.78 is 11.3. The fourth-order valence-corrected chi connectivity index (χ4v) is 3.56. The van der Waals surface area contributed by atoms with Crippen LogP contribution in [0.5, 0.6) is 11.6 Å². The molecule has 3 N–H and O–H groups in total. The molecule has 9 nitrogen and oxygen atoms in total. The second-order valence-corrected chi connectivity index (χ2v) is 6.66. The lowest BCUT2D eigenvalue weighted by Crippen LogP contribution is -2.34. The van der Waals surface area contributed by atoms with E-state index in [-0.39, 0.29) is 0 Å². The number of rotatable bonds is 6. The molecule has 1 unspecified atom stereocenters. The van der Waals surface area contributed by atoms with Gasteiger partial charge in [-0.05, 0) is 44.5 Å². The fraction of sp³-hybridized carbons (Fsp3) is 0.286. The first-order valence-corrected chi connectivity index (χ1v) is 9.35. The molecule has 2 aromatic rings. The van der Waals surface area contributed by atoms with Crippen molar-refractivity contribution in [2.24, 2.45) is 5.22 Å². The quantitative estimate of drug-likeness (QED) is 0.498. The number of nitriles is 1. The zero-order valence-corrected chi connectivity index (χ0v) is 17.2. The van der Waals surface area contributed by atoms with Crippen molar-refractivity contribution in [1.29, 1.82) is 10.8 Å². The second kappa shape index (κ2) is 8.61. The van der Waals surface area contributed by atoms with E-state index in [1.807, 2.05) is 20.8 Å². The van der Waals surface area contributed by atoms with Crippen LogP contribution in [0.3, 0.4) is 0 Å². The number of hydrogen-bond acceptors (Lipinski definition) is 8.